The highest BCUT2D eigenvalue weighted by Gasteiger charge is 2.19. The summed E-state index contributed by atoms with van der Waals surface area (Å²) in [6.07, 6.45) is 6.64. The zero-order chi connectivity index (χ0) is 19.3. The highest BCUT2D eigenvalue weighted by atomic mass is 35.5. The minimum absolute atomic E-state index is 0.163. The van der Waals surface area contributed by atoms with Crippen LogP contribution in [-0.4, -0.2) is 20.4 Å². The number of hydrogen-bond donors (Lipinski definition) is 2. The normalized spacial score (nSPS) is 15.7. The number of carbonyl (C=O) groups excluding carboxylic acids is 1. The molecule has 0 bridgehead atoms. The average Bonchev–Trinajstić information content (AvgIpc) is 2.91. The van der Waals surface area contributed by atoms with Crippen molar-refractivity contribution >= 4 is 33.2 Å². The lowest BCUT2D eigenvalue weighted by atomic mass is 10.1. The molecule has 27 heavy (non-hydrogen) atoms. The van der Waals surface area contributed by atoms with Crippen LogP contribution in [-0.2, 0) is 10.0 Å². The summed E-state index contributed by atoms with van der Waals surface area (Å²) in [5.74, 6) is -0.218. The summed E-state index contributed by atoms with van der Waals surface area (Å²) in [6.45, 7) is 0. The van der Waals surface area contributed by atoms with Gasteiger partial charge in [-0.1, -0.05) is 55.5 Å². The Bertz CT molecular complexity index is 893. The number of carbonyl (C=O) groups is 1. The Labute approximate surface area is 165 Å². The molecule has 0 atom stereocenters. The SMILES string of the molecule is O=C(NC1CCCCCC1)c1ccc(NS(=O)(=O)c2ccccc2)cc1Cl. The molecule has 1 aliphatic rings. The number of sulfonamides is 1. The van der Waals surface area contributed by atoms with Crippen LogP contribution in [0.2, 0.25) is 5.02 Å². The van der Waals surface area contributed by atoms with Crippen LogP contribution in [0, 0.1) is 0 Å². The van der Waals surface area contributed by atoms with Gasteiger partial charge in [0.2, 0.25) is 0 Å². The van der Waals surface area contributed by atoms with Gasteiger partial charge < -0.3 is 5.32 Å². The number of benzene rings is 2. The lowest BCUT2D eigenvalue weighted by Gasteiger charge is -2.17. The monoisotopic (exact) mass is 406 g/mol. The van der Waals surface area contributed by atoms with E-state index in [2.05, 4.69) is 10.0 Å². The van der Waals surface area contributed by atoms with Crippen LogP contribution in [0.5, 0.6) is 0 Å². The molecular weight excluding hydrogens is 384 g/mol. The third-order valence-corrected chi connectivity index (χ3v) is 6.42. The maximum Gasteiger partial charge on any atom is 0.261 e. The molecule has 2 N–H and O–H groups in total. The van der Waals surface area contributed by atoms with Gasteiger partial charge in [-0.3, -0.25) is 9.52 Å². The first kappa shape index (κ1) is 19.7. The first-order valence-corrected chi connectivity index (χ1v) is 11.0. The van der Waals surface area contributed by atoms with Crippen LogP contribution in [0.25, 0.3) is 0 Å². The quantitative estimate of drug-likeness (QED) is 0.713. The molecule has 0 heterocycles. The summed E-state index contributed by atoms with van der Waals surface area (Å²) in [5.41, 5.74) is 0.665. The predicted octanol–water partition coefficient (Wildman–Crippen LogP) is 4.59. The molecule has 5 nitrogen and oxygen atoms in total. The highest BCUT2D eigenvalue weighted by Crippen LogP contribution is 2.24. The Kier molecular flexibility index (Phi) is 6.39. The molecule has 1 aliphatic carbocycles. The molecule has 3 rings (SSSR count). The molecule has 0 radical (unpaired) electrons. The maximum atomic E-state index is 12.5. The Hall–Kier alpha value is -2.05. The molecule has 1 fully saturated rings. The van der Waals surface area contributed by atoms with E-state index in [9.17, 15) is 13.2 Å². The van der Waals surface area contributed by atoms with Crippen molar-refractivity contribution in [1.29, 1.82) is 0 Å². The van der Waals surface area contributed by atoms with Crippen LogP contribution in [0.3, 0.4) is 0 Å². The van der Waals surface area contributed by atoms with E-state index in [4.69, 9.17) is 11.6 Å². The zero-order valence-electron chi connectivity index (χ0n) is 14.9. The maximum absolute atomic E-state index is 12.5. The van der Waals surface area contributed by atoms with Crippen molar-refractivity contribution in [2.24, 2.45) is 0 Å². The van der Waals surface area contributed by atoms with Gasteiger partial charge in [0.15, 0.2) is 0 Å². The zero-order valence-corrected chi connectivity index (χ0v) is 16.5. The third kappa shape index (κ3) is 5.23. The Morgan fingerprint density at radius 1 is 0.963 bits per heavy atom. The van der Waals surface area contributed by atoms with Gasteiger partial charge in [-0.25, -0.2) is 8.42 Å². The Morgan fingerprint density at radius 2 is 1.63 bits per heavy atom. The number of hydrogen-bond acceptors (Lipinski definition) is 3. The number of amides is 1. The minimum atomic E-state index is -3.70. The number of rotatable bonds is 5. The van der Waals surface area contributed by atoms with Crippen molar-refractivity contribution in [2.75, 3.05) is 4.72 Å². The first-order valence-electron chi connectivity index (χ1n) is 9.14. The summed E-state index contributed by atoms with van der Waals surface area (Å²) in [4.78, 5) is 12.7. The molecule has 144 valence electrons. The van der Waals surface area contributed by atoms with E-state index >= 15 is 0 Å². The fourth-order valence-electron chi connectivity index (χ4n) is 3.26. The Balaban J connectivity index is 1.71. The van der Waals surface area contributed by atoms with Crippen LogP contribution >= 0.6 is 11.6 Å². The lowest BCUT2D eigenvalue weighted by Crippen LogP contribution is -2.34. The molecule has 7 heteroatoms. The van der Waals surface area contributed by atoms with Crippen molar-refractivity contribution in [2.45, 2.75) is 49.5 Å². The number of nitrogens with one attached hydrogen (secondary N) is 2. The summed E-state index contributed by atoms with van der Waals surface area (Å²) in [5, 5.41) is 3.26. The minimum Gasteiger partial charge on any atom is -0.349 e. The molecule has 2 aromatic rings. The van der Waals surface area contributed by atoms with Gasteiger partial charge in [0.25, 0.3) is 15.9 Å². The van der Waals surface area contributed by atoms with Gasteiger partial charge >= 0.3 is 0 Å². The standard InChI is InChI=1S/C20H23ClN2O3S/c21-19-14-16(23-27(25,26)17-10-6-3-7-11-17)12-13-18(19)20(24)22-15-8-4-1-2-5-9-15/h3,6-7,10-15,23H,1-2,4-5,8-9H2,(H,22,24). The predicted molar refractivity (Wildman–Crippen MR) is 108 cm³/mol. The van der Waals surface area contributed by atoms with Gasteiger partial charge in [-0.05, 0) is 43.2 Å². The van der Waals surface area contributed by atoms with Gasteiger partial charge in [0.05, 0.1) is 21.2 Å². The summed E-state index contributed by atoms with van der Waals surface area (Å²) < 4.78 is 27.3. The molecule has 1 amide bonds. The fraction of sp³-hybridized carbons (Fsp3) is 0.350. The van der Waals surface area contributed by atoms with Crippen LogP contribution in [0.4, 0.5) is 5.69 Å². The average molecular weight is 407 g/mol. The largest absolute Gasteiger partial charge is 0.349 e. The summed E-state index contributed by atoms with van der Waals surface area (Å²) >= 11 is 6.25. The first-order chi connectivity index (χ1) is 13.0. The second-order valence-electron chi connectivity index (χ2n) is 6.78. The highest BCUT2D eigenvalue weighted by molar-refractivity contribution is 7.92. The summed E-state index contributed by atoms with van der Waals surface area (Å²) in [7, 11) is -3.70. The van der Waals surface area contributed by atoms with Crippen molar-refractivity contribution in [3.8, 4) is 0 Å². The van der Waals surface area contributed by atoms with Gasteiger partial charge in [-0.15, -0.1) is 0 Å². The molecule has 0 aliphatic heterocycles. The van der Waals surface area contributed by atoms with Crippen LogP contribution < -0.4 is 10.0 Å². The van der Waals surface area contributed by atoms with Crippen LogP contribution in [0.15, 0.2) is 53.4 Å². The fourth-order valence-corrected chi connectivity index (χ4v) is 4.60. The van der Waals surface area contributed by atoms with E-state index in [0.29, 0.717) is 11.3 Å². The van der Waals surface area contributed by atoms with E-state index in [1.807, 2.05) is 0 Å². The smallest absolute Gasteiger partial charge is 0.261 e. The van der Waals surface area contributed by atoms with E-state index in [1.54, 1.807) is 30.3 Å². The molecule has 0 saturated heterocycles. The lowest BCUT2D eigenvalue weighted by molar-refractivity contribution is 0.0933. The van der Waals surface area contributed by atoms with Gasteiger partial charge in [0, 0.05) is 6.04 Å². The van der Waals surface area contributed by atoms with Gasteiger partial charge in [0.1, 0.15) is 0 Å². The molecule has 0 spiro atoms. The van der Waals surface area contributed by atoms with Crippen molar-refractivity contribution in [3.05, 3.63) is 59.1 Å². The second kappa shape index (κ2) is 8.76. The van der Waals surface area contributed by atoms with Crippen molar-refractivity contribution in [3.63, 3.8) is 0 Å². The van der Waals surface area contributed by atoms with Crippen LogP contribution in [0.1, 0.15) is 48.9 Å². The van der Waals surface area contributed by atoms with E-state index in [0.717, 1.165) is 25.7 Å². The van der Waals surface area contributed by atoms with Gasteiger partial charge in [-0.2, -0.15) is 0 Å². The number of halogens is 1. The molecule has 0 unspecified atom stereocenters. The van der Waals surface area contributed by atoms with Crippen molar-refractivity contribution < 1.29 is 13.2 Å². The number of anilines is 1. The van der Waals surface area contributed by atoms with Crippen molar-refractivity contribution in [1.82, 2.24) is 5.32 Å². The molecule has 0 aromatic heterocycles. The topological polar surface area (TPSA) is 75.3 Å². The third-order valence-electron chi connectivity index (χ3n) is 4.71. The summed E-state index contributed by atoms with van der Waals surface area (Å²) in [6, 6.07) is 12.8. The van der Waals surface area contributed by atoms with E-state index < -0.39 is 10.0 Å². The van der Waals surface area contributed by atoms with E-state index in [-0.39, 0.29) is 21.9 Å². The van der Waals surface area contributed by atoms with E-state index in [1.165, 1.54) is 31.0 Å². The molecule has 2 aromatic carbocycles. The molecule has 1 saturated carbocycles. The Morgan fingerprint density at radius 3 is 2.26 bits per heavy atom. The molecular formula is C20H23ClN2O3S. The second-order valence-corrected chi connectivity index (χ2v) is 8.86.